The van der Waals surface area contributed by atoms with Crippen LogP contribution in [0.2, 0.25) is 0 Å². The van der Waals surface area contributed by atoms with Gasteiger partial charge in [0.25, 0.3) is 0 Å². The van der Waals surface area contributed by atoms with Crippen molar-refractivity contribution in [1.29, 1.82) is 0 Å². The molecular formula is C14H9BrF3NO. The van der Waals surface area contributed by atoms with E-state index in [4.69, 9.17) is 0 Å². The summed E-state index contributed by atoms with van der Waals surface area (Å²) in [6.45, 7) is 0. The molecule has 6 heteroatoms. The van der Waals surface area contributed by atoms with Gasteiger partial charge in [-0.05, 0) is 29.8 Å². The number of hydrogen-bond donors (Lipinski definition) is 1. The van der Waals surface area contributed by atoms with Gasteiger partial charge in [-0.25, -0.2) is 13.2 Å². The van der Waals surface area contributed by atoms with Gasteiger partial charge in [-0.3, -0.25) is 4.79 Å². The summed E-state index contributed by atoms with van der Waals surface area (Å²) in [7, 11) is 0. The van der Waals surface area contributed by atoms with Crippen LogP contribution in [-0.2, 0) is 11.2 Å². The Balaban J connectivity index is 2.10. The maximum Gasteiger partial charge on any atom is 0.228 e. The molecule has 2 rings (SSSR count). The van der Waals surface area contributed by atoms with Gasteiger partial charge in [0.05, 0.1) is 6.42 Å². The van der Waals surface area contributed by atoms with Crippen molar-refractivity contribution in [3.8, 4) is 0 Å². The van der Waals surface area contributed by atoms with Crippen LogP contribution < -0.4 is 5.32 Å². The largest absolute Gasteiger partial charge is 0.321 e. The van der Waals surface area contributed by atoms with E-state index in [-0.39, 0.29) is 10.9 Å². The average Bonchev–Trinajstić information content (AvgIpc) is 2.36. The molecule has 0 aliphatic rings. The van der Waals surface area contributed by atoms with E-state index < -0.39 is 29.0 Å². The van der Waals surface area contributed by atoms with Crippen molar-refractivity contribution in [2.24, 2.45) is 0 Å². The lowest BCUT2D eigenvalue weighted by Crippen LogP contribution is -2.16. The average molecular weight is 344 g/mol. The standard InChI is InChI=1S/C14H9BrF3NO/c15-9-6-11(17)14(12(18)7-9)19-13(20)5-8-1-3-10(16)4-2-8/h1-4,6-7H,5H2,(H,19,20). The summed E-state index contributed by atoms with van der Waals surface area (Å²) >= 11 is 2.95. The van der Waals surface area contributed by atoms with Crippen LogP contribution in [0.5, 0.6) is 0 Å². The topological polar surface area (TPSA) is 29.1 Å². The van der Waals surface area contributed by atoms with Crippen molar-refractivity contribution in [3.05, 3.63) is 63.9 Å². The third-order valence-electron chi connectivity index (χ3n) is 2.55. The van der Waals surface area contributed by atoms with Gasteiger partial charge in [0.2, 0.25) is 5.91 Å². The number of benzene rings is 2. The van der Waals surface area contributed by atoms with Gasteiger partial charge in [0.1, 0.15) is 11.5 Å². The van der Waals surface area contributed by atoms with E-state index in [2.05, 4.69) is 21.2 Å². The molecule has 0 spiro atoms. The number of nitrogens with one attached hydrogen (secondary N) is 1. The predicted molar refractivity (Wildman–Crippen MR) is 72.8 cm³/mol. The highest BCUT2D eigenvalue weighted by Gasteiger charge is 2.13. The zero-order valence-electron chi connectivity index (χ0n) is 10.1. The molecule has 104 valence electrons. The third kappa shape index (κ3) is 3.60. The minimum absolute atomic E-state index is 0.102. The molecule has 0 unspecified atom stereocenters. The third-order valence-corrected chi connectivity index (χ3v) is 3.01. The van der Waals surface area contributed by atoms with Gasteiger partial charge in [0.15, 0.2) is 11.6 Å². The Labute approximate surface area is 121 Å². The van der Waals surface area contributed by atoms with Gasteiger partial charge < -0.3 is 5.32 Å². The fourth-order valence-corrected chi connectivity index (χ4v) is 2.03. The van der Waals surface area contributed by atoms with Crippen LogP contribution in [0.1, 0.15) is 5.56 Å². The number of carbonyl (C=O) groups is 1. The van der Waals surface area contributed by atoms with Gasteiger partial charge in [-0.2, -0.15) is 0 Å². The molecule has 0 aromatic heterocycles. The highest BCUT2D eigenvalue weighted by molar-refractivity contribution is 9.10. The van der Waals surface area contributed by atoms with Crippen LogP contribution in [0.25, 0.3) is 0 Å². The van der Waals surface area contributed by atoms with Crippen LogP contribution >= 0.6 is 15.9 Å². The SMILES string of the molecule is O=C(Cc1ccc(F)cc1)Nc1c(F)cc(Br)cc1F. The minimum atomic E-state index is -0.871. The quantitative estimate of drug-likeness (QED) is 0.894. The summed E-state index contributed by atoms with van der Waals surface area (Å²) in [5, 5.41) is 2.17. The maximum absolute atomic E-state index is 13.5. The molecule has 0 aliphatic carbocycles. The molecule has 0 atom stereocenters. The zero-order chi connectivity index (χ0) is 14.7. The normalized spacial score (nSPS) is 10.4. The number of carbonyl (C=O) groups excluding carboxylic acids is 1. The molecule has 2 aromatic rings. The van der Waals surface area contributed by atoms with Crippen molar-refractivity contribution in [1.82, 2.24) is 0 Å². The van der Waals surface area contributed by atoms with Crippen LogP contribution in [-0.4, -0.2) is 5.91 Å². The highest BCUT2D eigenvalue weighted by atomic mass is 79.9. The Morgan fingerprint density at radius 2 is 1.60 bits per heavy atom. The first-order valence-electron chi connectivity index (χ1n) is 5.64. The van der Waals surface area contributed by atoms with E-state index >= 15 is 0 Å². The van der Waals surface area contributed by atoms with Crippen LogP contribution in [0.15, 0.2) is 40.9 Å². The summed E-state index contributed by atoms with van der Waals surface area (Å²) in [6.07, 6.45) is -0.102. The summed E-state index contributed by atoms with van der Waals surface area (Å²) in [5.74, 6) is -2.75. The Morgan fingerprint density at radius 1 is 1.05 bits per heavy atom. The molecule has 2 aromatic carbocycles. The second kappa shape index (κ2) is 6.09. The summed E-state index contributed by atoms with van der Waals surface area (Å²) in [5.41, 5.74) is 0.0436. The van der Waals surface area contributed by atoms with E-state index in [0.717, 1.165) is 12.1 Å². The molecule has 0 aliphatic heterocycles. The van der Waals surface area contributed by atoms with E-state index in [9.17, 15) is 18.0 Å². The second-order valence-electron chi connectivity index (χ2n) is 4.10. The number of hydrogen-bond acceptors (Lipinski definition) is 1. The Bertz CT molecular complexity index is 620. The van der Waals surface area contributed by atoms with Crippen LogP contribution in [0.3, 0.4) is 0 Å². The molecule has 1 amide bonds. The zero-order valence-corrected chi connectivity index (χ0v) is 11.7. The lowest BCUT2D eigenvalue weighted by Gasteiger charge is -2.08. The summed E-state index contributed by atoms with van der Waals surface area (Å²) in [6, 6.07) is 7.40. The fourth-order valence-electron chi connectivity index (χ4n) is 1.63. The first-order chi connectivity index (χ1) is 9.45. The predicted octanol–water partition coefficient (Wildman–Crippen LogP) is 4.05. The van der Waals surface area contributed by atoms with Gasteiger partial charge >= 0.3 is 0 Å². The first kappa shape index (κ1) is 14.6. The molecule has 0 saturated heterocycles. The molecule has 0 bridgehead atoms. The van der Waals surface area contributed by atoms with Crippen LogP contribution in [0.4, 0.5) is 18.9 Å². The van der Waals surface area contributed by atoms with Gasteiger partial charge in [-0.15, -0.1) is 0 Å². The molecule has 20 heavy (non-hydrogen) atoms. The van der Waals surface area contributed by atoms with Crippen molar-refractivity contribution in [2.75, 3.05) is 5.32 Å². The van der Waals surface area contributed by atoms with Gasteiger partial charge in [-0.1, -0.05) is 28.1 Å². The van der Waals surface area contributed by atoms with Crippen molar-refractivity contribution < 1.29 is 18.0 Å². The van der Waals surface area contributed by atoms with Crippen LogP contribution in [0, 0.1) is 17.5 Å². The molecular weight excluding hydrogens is 335 g/mol. The Kier molecular flexibility index (Phi) is 4.44. The smallest absolute Gasteiger partial charge is 0.228 e. The molecule has 1 N–H and O–H groups in total. The molecule has 0 fully saturated rings. The Hall–Kier alpha value is -1.82. The highest BCUT2D eigenvalue weighted by Crippen LogP contribution is 2.23. The fraction of sp³-hybridized carbons (Fsp3) is 0.0714. The van der Waals surface area contributed by atoms with E-state index in [1.54, 1.807) is 0 Å². The van der Waals surface area contributed by atoms with E-state index in [1.165, 1.54) is 24.3 Å². The minimum Gasteiger partial charge on any atom is -0.321 e. The van der Waals surface area contributed by atoms with Crippen molar-refractivity contribution >= 4 is 27.5 Å². The molecule has 0 saturated carbocycles. The second-order valence-corrected chi connectivity index (χ2v) is 5.01. The van der Waals surface area contributed by atoms with Crippen molar-refractivity contribution in [3.63, 3.8) is 0 Å². The Morgan fingerprint density at radius 3 is 2.15 bits per heavy atom. The number of amides is 1. The van der Waals surface area contributed by atoms with E-state index in [1.807, 2.05) is 0 Å². The molecule has 2 nitrogen and oxygen atoms in total. The van der Waals surface area contributed by atoms with E-state index in [0.29, 0.717) is 5.56 Å². The number of halogens is 4. The summed E-state index contributed by atoms with van der Waals surface area (Å²) < 4.78 is 40.0. The lowest BCUT2D eigenvalue weighted by molar-refractivity contribution is -0.115. The van der Waals surface area contributed by atoms with Crippen molar-refractivity contribution in [2.45, 2.75) is 6.42 Å². The number of anilines is 1. The lowest BCUT2D eigenvalue weighted by atomic mass is 10.1. The number of rotatable bonds is 3. The molecule has 0 radical (unpaired) electrons. The van der Waals surface area contributed by atoms with Gasteiger partial charge in [0, 0.05) is 4.47 Å². The summed E-state index contributed by atoms with van der Waals surface area (Å²) in [4.78, 5) is 11.7. The monoisotopic (exact) mass is 343 g/mol. The first-order valence-corrected chi connectivity index (χ1v) is 6.44. The molecule has 0 heterocycles. The maximum atomic E-state index is 13.5.